The summed E-state index contributed by atoms with van der Waals surface area (Å²) in [5.41, 5.74) is 1.67. The first-order chi connectivity index (χ1) is 9.13. The van der Waals surface area contributed by atoms with Gasteiger partial charge in [0, 0.05) is 17.8 Å². The number of carbonyl (C=O) groups is 1. The molecule has 19 heavy (non-hydrogen) atoms. The highest BCUT2D eigenvalue weighted by molar-refractivity contribution is 5.90. The largest absolute Gasteiger partial charge is 0.326 e. The van der Waals surface area contributed by atoms with Gasteiger partial charge in [-0.25, -0.2) is 8.96 Å². The van der Waals surface area contributed by atoms with Crippen LogP contribution >= 0.6 is 0 Å². The number of halogens is 1. The van der Waals surface area contributed by atoms with E-state index in [1.54, 1.807) is 12.1 Å². The fraction of sp³-hybridized carbons (Fsp3) is 0.200. The first-order valence-electron chi connectivity index (χ1n) is 6.14. The molecular weight excluding hydrogens is 243 g/mol. The van der Waals surface area contributed by atoms with E-state index in [0.717, 1.165) is 0 Å². The maximum Gasteiger partial charge on any atom is 0.230 e. The molecule has 1 N–H and O–H groups in total. The lowest BCUT2D eigenvalue weighted by Gasteiger charge is -2.03. The van der Waals surface area contributed by atoms with Crippen molar-refractivity contribution in [1.29, 1.82) is 0 Å². The smallest absolute Gasteiger partial charge is 0.230 e. The van der Waals surface area contributed by atoms with Gasteiger partial charge < -0.3 is 5.32 Å². The molecule has 0 saturated carbocycles. The molecule has 1 amide bonds. The summed E-state index contributed by atoms with van der Waals surface area (Å²) in [4.78, 5) is 11.7. The maximum atomic E-state index is 13.0. The molecule has 1 aromatic heterocycles. The molecule has 1 aromatic carbocycles. The van der Waals surface area contributed by atoms with Crippen LogP contribution in [0.15, 0.2) is 48.8 Å². The average molecular weight is 259 g/mol. The first-order valence-corrected chi connectivity index (χ1v) is 6.14. The third-order valence-electron chi connectivity index (χ3n) is 2.76. The minimum atomic E-state index is -0.356. The van der Waals surface area contributed by atoms with Gasteiger partial charge in [0.2, 0.25) is 5.91 Å². The fourth-order valence-corrected chi connectivity index (χ4v) is 1.70. The summed E-state index contributed by atoms with van der Waals surface area (Å²) in [5.74, 6) is -0.482. The van der Waals surface area contributed by atoms with Crippen LogP contribution < -0.4 is 9.88 Å². The number of benzene rings is 1. The van der Waals surface area contributed by atoms with Crippen LogP contribution in [0.4, 0.5) is 10.1 Å². The molecule has 4 heteroatoms. The van der Waals surface area contributed by atoms with Crippen LogP contribution in [-0.4, -0.2) is 5.91 Å². The van der Waals surface area contributed by atoms with Crippen LogP contribution in [0.1, 0.15) is 12.0 Å². The number of anilines is 1. The molecule has 0 radical (unpaired) electrons. The van der Waals surface area contributed by atoms with Gasteiger partial charge in [-0.15, -0.1) is 0 Å². The average Bonchev–Trinajstić information content (AvgIpc) is 2.38. The zero-order valence-corrected chi connectivity index (χ0v) is 10.8. The van der Waals surface area contributed by atoms with Crippen molar-refractivity contribution in [3.63, 3.8) is 0 Å². The molecule has 0 aliphatic carbocycles. The van der Waals surface area contributed by atoms with Crippen molar-refractivity contribution in [2.45, 2.75) is 19.9 Å². The summed E-state index contributed by atoms with van der Waals surface area (Å²) >= 11 is 0. The number of amides is 1. The number of aryl methyl sites for hydroxylation is 2. The molecular formula is C15H16FN2O+. The molecule has 1 heterocycles. The van der Waals surface area contributed by atoms with Crippen molar-refractivity contribution in [3.8, 4) is 0 Å². The molecule has 0 aliphatic heterocycles. The van der Waals surface area contributed by atoms with Crippen LogP contribution in [0, 0.1) is 12.7 Å². The number of aromatic nitrogens is 1. The Morgan fingerprint density at radius 3 is 2.68 bits per heavy atom. The Labute approximate surface area is 111 Å². The number of hydrogen-bond acceptors (Lipinski definition) is 1. The number of pyridine rings is 1. The van der Waals surface area contributed by atoms with Crippen molar-refractivity contribution >= 4 is 11.6 Å². The zero-order valence-electron chi connectivity index (χ0n) is 10.8. The summed E-state index contributed by atoms with van der Waals surface area (Å²) in [6.07, 6.45) is 4.22. The molecule has 0 spiro atoms. The van der Waals surface area contributed by atoms with Crippen LogP contribution in [-0.2, 0) is 11.3 Å². The molecule has 98 valence electrons. The molecule has 0 atom stereocenters. The van der Waals surface area contributed by atoms with Gasteiger partial charge in [0.1, 0.15) is 5.82 Å². The highest BCUT2D eigenvalue weighted by Gasteiger charge is 2.07. The van der Waals surface area contributed by atoms with E-state index in [9.17, 15) is 9.18 Å². The summed E-state index contributed by atoms with van der Waals surface area (Å²) in [7, 11) is 0. The number of rotatable bonds is 4. The van der Waals surface area contributed by atoms with Gasteiger partial charge in [-0.1, -0.05) is 6.07 Å². The van der Waals surface area contributed by atoms with Gasteiger partial charge in [0.25, 0.3) is 0 Å². The van der Waals surface area contributed by atoms with Crippen LogP contribution in [0.3, 0.4) is 0 Å². The minimum Gasteiger partial charge on any atom is -0.326 e. The number of hydrogen-bond donors (Lipinski definition) is 1. The maximum absolute atomic E-state index is 13.0. The second kappa shape index (κ2) is 6.09. The van der Waals surface area contributed by atoms with Crippen molar-refractivity contribution in [2.75, 3.05) is 5.32 Å². The molecule has 0 saturated heterocycles. The van der Waals surface area contributed by atoms with E-state index < -0.39 is 0 Å². The van der Waals surface area contributed by atoms with E-state index in [4.69, 9.17) is 0 Å². The third kappa shape index (κ3) is 4.17. The normalized spacial score (nSPS) is 10.2. The van der Waals surface area contributed by atoms with Gasteiger partial charge in [-0.05, 0) is 30.7 Å². The zero-order chi connectivity index (χ0) is 13.7. The molecule has 0 bridgehead atoms. The summed E-state index contributed by atoms with van der Waals surface area (Å²) in [6, 6.07) is 9.86. The van der Waals surface area contributed by atoms with Crippen molar-refractivity contribution in [3.05, 3.63) is 60.2 Å². The monoisotopic (exact) mass is 259 g/mol. The highest BCUT2D eigenvalue weighted by Crippen LogP contribution is 2.09. The molecule has 3 nitrogen and oxygen atoms in total. The lowest BCUT2D eigenvalue weighted by Crippen LogP contribution is -2.34. The SMILES string of the molecule is Cc1cc[n+](CCC(=O)Nc2cccc(F)c2)cc1. The summed E-state index contributed by atoms with van der Waals surface area (Å²) in [5, 5.41) is 2.67. The van der Waals surface area contributed by atoms with E-state index in [2.05, 4.69) is 5.32 Å². The van der Waals surface area contributed by atoms with Crippen LogP contribution in [0.5, 0.6) is 0 Å². The minimum absolute atomic E-state index is 0.126. The lowest BCUT2D eigenvalue weighted by molar-refractivity contribution is -0.695. The van der Waals surface area contributed by atoms with Gasteiger partial charge in [-0.2, -0.15) is 0 Å². The highest BCUT2D eigenvalue weighted by atomic mass is 19.1. The van der Waals surface area contributed by atoms with Gasteiger partial charge >= 0.3 is 0 Å². The number of nitrogens with one attached hydrogen (secondary N) is 1. The van der Waals surface area contributed by atoms with E-state index >= 15 is 0 Å². The predicted octanol–water partition coefficient (Wildman–Crippen LogP) is 2.45. The number of carbonyl (C=O) groups excluding carboxylic acids is 1. The van der Waals surface area contributed by atoms with E-state index in [0.29, 0.717) is 18.7 Å². The predicted molar refractivity (Wildman–Crippen MR) is 71.0 cm³/mol. The second-order valence-corrected chi connectivity index (χ2v) is 4.42. The molecule has 2 rings (SSSR count). The summed E-state index contributed by atoms with van der Waals surface area (Å²) < 4.78 is 14.9. The van der Waals surface area contributed by atoms with Crippen LogP contribution in [0.25, 0.3) is 0 Å². The first kappa shape index (κ1) is 13.2. The molecule has 0 fully saturated rings. The van der Waals surface area contributed by atoms with Crippen molar-refractivity contribution < 1.29 is 13.8 Å². The Hall–Kier alpha value is -2.23. The van der Waals surface area contributed by atoms with E-state index in [-0.39, 0.29) is 11.7 Å². The second-order valence-electron chi connectivity index (χ2n) is 4.42. The Balaban J connectivity index is 1.86. The Kier molecular flexibility index (Phi) is 4.23. The van der Waals surface area contributed by atoms with Gasteiger partial charge in [-0.3, -0.25) is 4.79 Å². The standard InChI is InChI=1S/C15H15FN2O/c1-12-5-8-18(9-6-12)10-7-15(19)17-14-4-2-3-13(16)11-14/h2-6,8-9,11H,7,10H2,1H3/p+1. The number of nitrogens with zero attached hydrogens (tertiary/aromatic N) is 1. The molecule has 0 unspecified atom stereocenters. The van der Waals surface area contributed by atoms with Crippen LogP contribution in [0.2, 0.25) is 0 Å². The van der Waals surface area contributed by atoms with Crippen molar-refractivity contribution in [2.24, 2.45) is 0 Å². The summed E-state index contributed by atoms with van der Waals surface area (Å²) in [6.45, 7) is 2.61. The third-order valence-corrected chi connectivity index (χ3v) is 2.76. The Morgan fingerprint density at radius 1 is 1.26 bits per heavy atom. The Bertz CT molecular complexity index is 567. The quantitative estimate of drug-likeness (QED) is 0.841. The Morgan fingerprint density at radius 2 is 2.00 bits per heavy atom. The van der Waals surface area contributed by atoms with Crippen molar-refractivity contribution in [1.82, 2.24) is 0 Å². The van der Waals surface area contributed by atoms with Gasteiger partial charge in [0.15, 0.2) is 18.9 Å². The molecule has 2 aromatic rings. The lowest BCUT2D eigenvalue weighted by atomic mass is 10.3. The van der Waals surface area contributed by atoms with Gasteiger partial charge in [0.05, 0.1) is 6.42 Å². The molecule has 0 aliphatic rings. The fourth-order valence-electron chi connectivity index (χ4n) is 1.70. The van der Waals surface area contributed by atoms with E-state index in [1.807, 2.05) is 36.0 Å². The van der Waals surface area contributed by atoms with E-state index in [1.165, 1.54) is 17.7 Å². The topological polar surface area (TPSA) is 33.0 Å².